The Kier molecular flexibility index (Phi) is 10.6. The molecule has 0 aromatic carbocycles. The molecule has 0 unspecified atom stereocenters. The minimum atomic E-state index is -0.357. The molecule has 4 nitrogen and oxygen atoms in total. The van der Waals surface area contributed by atoms with E-state index in [-0.39, 0.29) is 36.0 Å². The second-order valence-corrected chi connectivity index (χ2v) is 8.13. The third-order valence-corrected chi connectivity index (χ3v) is 4.80. The van der Waals surface area contributed by atoms with Crippen molar-refractivity contribution in [2.24, 2.45) is 11.8 Å². The van der Waals surface area contributed by atoms with Gasteiger partial charge in [-0.25, -0.2) is 4.79 Å². The zero-order valence-electron chi connectivity index (χ0n) is 18.1. The van der Waals surface area contributed by atoms with E-state index in [0.717, 1.165) is 24.0 Å². The number of cyclic esters (lactones) is 1. The van der Waals surface area contributed by atoms with Gasteiger partial charge < -0.3 is 9.47 Å². The predicted molar refractivity (Wildman–Crippen MR) is 114 cm³/mol. The molecule has 0 amide bonds. The fraction of sp³-hybridized carbons (Fsp3) is 0.583. The summed E-state index contributed by atoms with van der Waals surface area (Å²) in [5, 5.41) is 0. The normalized spacial score (nSPS) is 25.1. The number of rotatable bonds is 5. The molecule has 0 radical (unpaired) electrons. The Balaban J connectivity index is 2.75. The van der Waals surface area contributed by atoms with Crippen molar-refractivity contribution < 1.29 is 19.1 Å². The van der Waals surface area contributed by atoms with Gasteiger partial charge in [0, 0.05) is 18.9 Å². The van der Waals surface area contributed by atoms with Crippen LogP contribution in [0.2, 0.25) is 0 Å². The number of esters is 2. The van der Waals surface area contributed by atoms with Crippen molar-refractivity contribution >= 4 is 11.9 Å². The summed E-state index contributed by atoms with van der Waals surface area (Å²) in [4.78, 5) is 24.3. The number of hydrogen-bond acceptors (Lipinski definition) is 4. The molecule has 4 heteroatoms. The maximum Gasteiger partial charge on any atom is 0.331 e. The summed E-state index contributed by atoms with van der Waals surface area (Å²) in [6.07, 6.45) is 12.2. The van der Waals surface area contributed by atoms with Gasteiger partial charge in [-0.2, -0.15) is 0 Å². The van der Waals surface area contributed by atoms with Gasteiger partial charge in [0.1, 0.15) is 12.2 Å². The standard InChI is InChI=1S/C24H36O4/c1-17(2)16-19(5)14-15-24(26)28-22-12-9-13-23(25)27-21(18(3)4)11-8-7-10-20(22)6/h7-8,14-16,18,20-22H,1,9-13H2,2-6H3/t20-,21+,22-/m0/s1. The molecule has 0 N–H and O–H groups in total. The molecule has 3 atom stereocenters. The van der Waals surface area contributed by atoms with E-state index in [4.69, 9.17) is 9.47 Å². The predicted octanol–water partition coefficient (Wildman–Crippen LogP) is 5.70. The summed E-state index contributed by atoms with van der Waals surface area (Å²) in [5.74, 6) is -0.0545. The van der Waals surface area contributed by atoms with E-state index in [1.807, 2.05) is 19.9 Å². The molecule has 0 aromatic rings. The summed E-state index contributed by atoms with van der Waals surface area (Å²) in [6, 6.07) is 0. The smallest absolute Gasteiger partial charge is 0.331 e. The van der Waals surface area contributed by atoms with Crippen LogP contribution in [0.5, 0.6) is 0 Å². The molecule has 0 spiro atoms. The van der Waals surface area contributed by atoms with Crippen LogP contribution in [0.15, 0.2) is 48.1 Å². The number of carbonyl (C=O) groups excluding carboxylic acids is 2. The Labute approximate surface area is 170 Å². The van der Waals surface area contributed by atoms with Crippen molar-refractivity contribution in [1.29, 1.82) is 0 Å². The quantitative estimate of drug-likeness (QED) is 0.262. The molecule has 1 aliphatic heterocycles. The van der Waals surface area contributed by atoms with Gasteiger partial charge in [0.15, 0.2) is 0 Å². The minimum absolute atomic E-state index is 0.0762. The van der Waals surface area contributed by atoms with Gasteiger partial charge in [0.25, 0.3) is 0 Å². The SMILES string of the molecule is C=C(C)C=C(C)C=CC(=O)O[C@H]1CCCC(=O)O[C@@H](C(C)C)CC=CC[C@@H]1C. The van der Waals surface area contributed by atoms with Crippen LogP contribution in [-0.2, 0) is 19.1 Å². The largest absolute Gasteiger partial charge is 0.462 e. The van der Waals surface area contributed by atoms with Crippen LogP contribution in [0.3, 0.4) is 0 Å². The van der Waals surface area contributed by atoms with Gasteiger partial charge in [-0.1, -0.05) is 62.8 Å². The van der Waals surface area contributed by atoms with E-state index in [0.29, 0.717) is 19.3 Å². The first kappa shape index (κ1) is 23.9. The van der Waals surface area contributed by atoms with Crippen LogP contribution in [0.25, 0.3) is 0 Å². The van der Waals surface area contributed by atoms with Crippen LogP contribution >= 0.6 is 0 Å². The van der Waals surface area contributed by atoms with E-state index < -0.39 is 0 Å². The zero-order valence-corrected chi connectivity index (χ0v) is 18.1. The highest BCUT2D eigenvalue weighted by Gasteiger charge is 2.22. The van der Waals surface area contributed by atoms with E-state index in [1.54, 1.807) is 6.08 Å². The molecule has 0 aliphatic carbocycles. The van der Waals surface area contributed by atoms with Crippen molar-refractivity contribution in [1.82, 2.24) is 0 Å². The lowest BCUT2D eigenvalue weighted by Gasteiger charge is -2.24. The lowest BCUT2D eigenvalue weighted by molar-refractivity contribution is -0.151. The molecular weight excluding hydrogens is 352 g/mol. The third kappa shape index (κ3) is 9.72. The zero-order chi connectivity index (χ0) is 21.1. The number of ether oxygens (including phenoxy) is 2. The molecular formula is C24H36O4. The van der Waals surface area contributed by atoms with Crippen molar-refractivity contribution in [2.45, 2.75) is 78.9 Å². The first-order chi connectivity index (χ1) is 13.2. The molecule has 0 saturated heterocycles. The van der Waals surface area contributed by atoms with E-state index in [9.17, 15) is 9.59 Å². The third-order valence-electron chi connectivity index (χ3n) is 4.80. The summed E-state index contributed by atoms with van der Waals surface area (Å²) in [7, 11) is 0. The Morgan fingerprint density at radius 3 is 2.57 bits per heavy atom. The Morgan fingerprint density at radius 2 is 1.93 bits per heavy atom. The highest BCUT2D eigenvalue weighted by molar-refractivity contribution is 5.82. The maximum atomic E-state index is 12.2. The maximum absolute atomic E-state index is 12.2. The molecule has 156 valence electrons. The summed E-state index contributed by atoms with van der Waals surface area (Å²) >= 11 is 0. The Bertz CT molecular complexity index is 625. The van der Waals surface area contributed by atoms with Gasteiger partial charge in [-0.05, 0) is 44.9 Å². The van der Waals surface area contributed by atoms with Crippen molar-refractivity contribution in [2.75, 3.05) is 0 Å². The molecule has 1 heterocycles. The van der Waals surface area contributed by atoms with Crippen molar-refractivity contribution in [3.63, 3.8) is 0 Å². The summed E-state index contributed by atoms with van der Waals surface area (Å²) in [6.45, 7) is 13.9. The molecule has 0 bridgehead atoms. The highest BCUT2D eigenvalue weighted by Crippen LogP contribution is 2.22. The molecule has 0 aromatic heterocycles. The van der Waals surface area contributed by atoms with Crippen LogP contribution in [-0.4, -0.2) is 24.1 Å². The molecule has 0 fully saturated rings. The number of allylic oxidation sites excluding steroid dienone is 5. The average molecular weight is 389 g/mol. The minimum Gasteiger partial charge on any atom is -0.462 e. The first-order valence-electron chi connectivity index (χ1n) is 10.3. The number of hydrogen-bond donors (Lipinski definition) is 0. The highest BCUT2D eigenvalue weighted by atomic mass is 16.5. The fourth-order valence-corrected chi connectivity index (χ4v) is 3.11. The van der Waals surface area contributed by atoms with Crippen LogP contribution < -0.4 is 0 Å². The van der Waals surface area contributed by atoms with E-state index in [1.165, 1.54) is 6.08 Å². The number of carbonyl (C=O) groups is 2. The van der Waals surface area contributed by atoms with Crippen LogP contribution in [0.1, 0.15) is 66.7 Å². The van der Waals surface area contributed by atoms with Gasteiger partial charge in [-0.3, -0.25) is 4.79 Å². The van der Waals surface area contributed by atoms with Gasteiger partial charge in [-0.15, -0.1) is 0 Å². The average Bonchev–Trinajstić information content (AvgIpc) is 2.59. The summed E-state index contributed by atoms with van der Waals surface area (Å²) < 4.78 is 11.3. The second kappa shape index (κ2) is 12.4. The van der Waals surface area contributed by atoms with E-state index in [2.05, 4.69) is 39.5 Å². The first-order valence-corrected chi connectivity index (χ1v) is 10.3. The molecule has 0 saturated carbocycles. The Hall–Kier alpha value is -2.10. The van der Waals surface area contributed by atoms with E-state index >= 15 is 0 Å². The Morgan fingerprint density at radius 1 is 1.25 bits per heavy atom. The topological polar surface area (TPSA) is 52.6 Å². The lowest BCUT2D eigenvalue weighted by Crippen LogP contribution is -2.26. The molecule has 1 rings (SSSR count). The lowest BCUT2D eigenvalue weighted by atomic mass is 9.94. The van der Waals surface area contributed by atoms with Crippen LogP contribution in [0, 0.1) is 11.8 Å². The second-order valence-electron chi connectivity index (χ2n) is 8.13. The van der Waals surface area contributed by atoms with Crippen LogP contribution in [0.4, 0.5) is 0 Å². The summed E-state index contributed by atoms with van der Waals surface area (Å²) in [5.41, 5.74) is 1.88. The van der Waals surface area contributed by atoms with Crippen molar-refractivity contribution in [3.8, 4) is 0 Å². The van der Waals surface area contributed by atoms with Gasteiger partial charge >= 0.3 is 11.9 Å². The van der Waals surface area contributed by atoms with Crippen molar-refractivity contribution in [3.05, 3.63) is 48.1 Å². The molecule has 28 heavy (non-hydrogen) atoms. The van der Waals surface area contributed by atoms with Gasteiger partial charge in [0.05, 0.1) is 0 Å². The fourth-order valence-electron chi connectivity index (χ4n) is 3.11. The molecule has 1 aliphatic rings. The monoisotopic (exact) mass is 388 g/mol. The van der Waals surface area contributed by atoms with Gasteiger partial charge in [0.2, 0.25) is 0 Å².